The van der Waals surface area contributed by atoms with Crippen molar-refractivity contribution in [3.63, 3.8) is 0 Å². The van der Waals surface area contributed by atoms with E-state index in [0.29, 0.717) is 17.6 Å². The van der Waals surface area contributed by atoms with Crippen molar-refractivity contribution in [2.45, 2.75) is 6.92 Å². The molecular formula is C40H26N4O. The summed E-state index contributed by atoms with van der Waals surface area (Å²) in [6.07, 6.45) is 0. The van der Waals surface area contributed by atoms with Crippen molar-refractivity contribution in [3.05, 3.63) is 145 Å². The van der Waals surface area contributed by atoms with Gasteiger partial charge in [-0.1, -0.05) is 103 Å². The first-order valence-electron chi connectivity index (χ1n) is 15.0. The summed E-state index contributed by atoms with van der Waals surface area (Å²) in [6, 6.07) is 48.1. The lowest BCUT2D eigenvalue weighted by atomic mass is 10.0. The van der Waals surface area contributed by atoms with Crippen molar-refractivity contribution in [1.29, 1.82) is 0 Å². The van der Waals surface area contributed by atoms with Gasteiger partial charge in [-0.15, -0.1) is 0 Å². The fourth-order valence-corrected chi connectivity index (χ4v) is 6.33. The third-order valence-corrected chi connectivity index (χ3v) is 8.54. The first-order chi connectivity index (χ1) is 22.2. The van der Waals surface area contributed by atoms with E-state index in [2.05, 4.69) is 133 Å². The summed E-state index contributed by atoms with van der Waals surface area (Å²) in [5.41, 5.74) is 9.11. The molecular weight excluding hydrogens is 552 g/mol. The average molecular weight is 579 g/mol. The molecule has 0 amide bonds. The van der Waals surface area contributed by atoms with Crippen LogP contribution in [0.25, 0.3) is 83.6 Å². The van der Waals surface area contributed by atoms with Gasteiger partial charge in [-0.3, -0.25) is 4.57 Å². The molecule has 0 atom stereocenters. The van der Waals surface area contributed by atoms with Gasteiger partial charge in [0, 0.05) is 32.7 Å². The number of furan rings is 1. The van der Waals surface area contributed by atoms with Crippen molar-refractivity contribution in [2.24, 2.45) is 0 Å². The van der Waals surface area contributed by atoms with E-state index in [1.54, 1.807) is 0 Å². The second-order valence-electron chi connectivity index (χ2n) is 11.4. The normalized spacial score (nSPS) is 11.7. The lowest BCUT2D eigenvalue weighted by molar-refractivity contribution is 0.668. The summed E-state index contributed by atoms with van der Waals surface area (Å²) >= 11 is 0. The molecule has 5 heteroatoms. The molecule has 0 fully saturated rings. The van der Waals surface area contributed by atoms with Gasteiger partial charge in [0.2, 0.25) is 5.95 Å². The maximum Gasteiger partial charge on any atom is 0.238 e. The molecule has 0 saturated carbocycles. The average Bonchev–Trinajstić information content (AvgIpc) is 3.63. The van der Waals surface area contributed by atoms with E-state index in [0.717, 1.165) is 66.0 Å². The lowest BCUT2D eigenvalue weighted by Crippen LogP contribution is -2.06. The highest BCUT2D eigenvalue weighted by Crippen LogP contribution is 2.35. The van der Waals surface area contributed by atoms with Crippen LogP contribution in [0.15, 0.2) is 144 Å². The van der Waals surface area contributed by atoms with Crippen LogP contribution < -0.4 is 0 Å². The van der Waals surface area contributed by atoms with Crippen LogP contribution in [0.1, 0.15) is 5.56 Å². The van der Waals surface area contributed by atoms with Crippen molar-refractivity contribution >= 4 is 43.7 Å². The summed E-state index contributed by atoms with van der Waals surface area (Å²) in [5, 5.41) is 4.43. The molecule has 0 saturated heterocycles. The fourth-order valence-electron chi connectivity index (χ4n) is 6.33. The fraction of sp³-hybridized carbons (Fsp3) is 0.0250. The summed E-state index contributed by atoms with van der Waals surface area (Å²) in [7, 11) is 0. The van der Waals surface area contributed by atoms with Gasteiger partial charge in [0.05, 0.1) is 11.0 Å². The van der Waals surface area contributed by atoms with Crippen LogP contribution in [0.4, 0.5) is 0 Å². The van der Waals surface area contributed by atoms with Gasteiger partial charge in [0.1, 0.15) is 11.2 Å². The highest BCUT2D eigenvalue weighted by molar-refractivity contribution is 6.09. The van der Waals surface area contributed by atoms with Crippen molar-refractivity contribution in [1.82, 2.24) is 19.5 Å². The topological polar surface area (TPSA) is 56.7 Å². The predicted octanol–water partition coefficient (Wildman–Crippen LogP) is 10.2. The molecule has 5 nitrogen and oxygen atoms in total. The SMILES string of the molecule is Cc1ccc2c(c1)oc1ccc(-c3nc(-c4ccc(-c5ccccc5)cc4)nc(-n4c5ccccc5c5ccccc54)n3)cc12. The third-order valence-electron chi connectivity index (χ3n) is 8.54. The van der Waals surface area contributed by atoms with E-state index in [1.807, 2.05) is 18.2 Å². The number of para-hydroxylation sites is 2. The Hall–Kier alpha value is -6.07. The Morgan fingerprint density at radius 2 is 1.04 bits per heavy atom. The molecule has 9 rings (SSSR count). The zero-order chi connectivity index (χ0) is 29.9. The van der Waals surface area contributed by atoms with Gasteiger partial charge in [-0.2, -0.15) is 9.97 Å². The zero-order valence-electron chi connectivity index (χ0n) is 24.5. The minimum absolute atomic E-state index is 0.576. The van der Waals surface area contributed by atoms with Crippen LogP contribution in [0.5, 0.6) is 0 Å². The summed E-state index contributed by atoms with van der Waals surface area (Å²) in [6.45, 7) is 2.08. The van der Waals surface area contributed by atoms with Crippen LogP contribution in [0, 0.1) is 6.92 Å². The zero-order valence-corrected chi connectivity index (χ0v) is 24.5. The molecule has 9 aromatic rings. The summed E-state index contributed by atoms with van der Waals surface area (Å²) < 4.78 is 8.33. The minimum Gasteiger partial charge on any atom is -0.456 e. The second kappa shape index (κ2) is 10.00. The highest BCUT2D eigenvalue weighted by Gasteiger charge is 2.18. The van der Waals surface area contributed by atoms with Crippen molar-refractivity contribution < 1.29 is 4.42 Å². The first-order valence-corrected chi connectivity index (χ1v) is 15.0. The molecule has 0 spiro atoms. The minimum atomic E-state index is 0.576. The van der Waals surface area contributed by atoms with Crippen LogP contribution in [-0.4, -0.2) is 19.5 Å². The summed E-state index contributed by atoms with van der Waals surface area (Å²) in [4.78, 5) is 15.3. The Morgan fingerprint density at radius 1 is 0.444 bits per heavy atom. The largest absolute Gasteiger partial charge is 0.456 e. The Morgan fingerprint density at radius 3 is 1.78 bits per heavy atom. The Bertz CT molecular complexity index is 2490. The van der Waals surface area contributed by atoms with E-state index < -0.39 is 0 Å². The van der Waals surface area contributed by atoms with Crippen LogP contribution in [0.3, 0.4) is 0 Å². The van der Waals surface area contributed by atoms with Crippen LogP contribution >= 0.6 is 0 Å². The number of nitrogens with zero attached hydrogens (tertiary/aromatic N) is 4. The number of hydrogen-bond acceptors (Lipinski definition) is 4. The molecule has 6 aromatic carbocycles. The van der Waals surface area contributed by atoms with Gasteiger partial charge in [-0.05, 0) is 60.0 Å². The maximum absolute atomic E-state index is 6.19. The number of aryl methyl sites for hydroxylation is 1. The monoisotopic (exact) mass is 578 g/mol. The Balaban J connectivity index is 1.28. The van der Waals surface area contributed by atoms with Crippen LogP contribution in [0.2, 0.25) is 0 Å². The number of benzene rings is 6. The van der Waals surface area contributed by atoms with E-state index in [9.17, 15) is 0 Å². The van der Waals surface area contributed by atoms with E-state index in [-0.39, 0.29) is 0 Å². The predicted molar refractivity (Wildman–Crippen MR) is 182 cm³/mol. The van der Waals surface area contributed by atoms with E-state index >= 15 is 0 Å². The molecule has 0 N–H and O–H groups in total. The number of rotatable bonds is 4. The molecule has 45 heavy (non-hydrogen) atoms. The standard InChI is InChI=1S/C40H26N4O/c1-25-15-21-32-33-24-29(20-22-36(33)45-37(32)23-25)39-41-38(28-18-16-27(17-19-28)26-9-3-2-4-10-26)42-40(43-39)44-34-13-7-5-11-30(34)31-12-6-8-14-35(31)44/h2-24H,1H3. The molecule has 3 aromatic heterocycles. The molecule has 0 aliphatic heterocycles. The van der Waals surface area contributed by atoms with Gasteiger partial charge < -0.3 is 4.42 Å². The van der Waals surface area contributed by atoms with E-state index in [1.165, 1.54) is 5.56 Å². The highest BCUT2D eigenvalue weighted by atomic mass is 16.3. The van der Waals surface area contributed by atoms with Gasteiger partial charge in [-0.25, -0.2) is 4.98 Å². The quantitative estimate of drug-likeness (QED) is 0.208. The number of aromatic nitrogens is 4. The molecule has 3 heterocycles. The maximum atomic E-state index is 6.19. The van der Waals surface area contributed by atoms with Gasteiger partial charge in [0.15, 0.2) is 11.6 Å². The molecule has 212 valence electrons. The first kappa shape index (κ1) is 25.4. The molecule has 0 aliphatic rings. The molecule has 0 radical (unpaired) electrons. The van der Waals surface area contributed by atoms with Crippen molar-refractivity contribution in [2.75, 3.05) is 0 Å². The number of hydrogen-bond donors (Lipinski definition) is 0. The lowest BCUT2D eigenvalue weighted by Gasteiger charge is -2.11. The van der Waals surface area contributed by atoms with E-state index in [4.69, 9.17) is 19.4 Å². The Labute approximate surface area is 259 Å². The second-order valence-corrected chi connectivity index (χ2v) is 11.4. The Kier molecular flexibility index (Phi) is 5.65. The molecule has 0 unspecified atom stereocenters. The molecule has 0 aliphatic carbocycles. The van der Waals surface area contributed by atoms with Crippen LogP contribution in [-0.2, 0) is 0 Å². The third kappa shape index (κ3) is 4.20. The van der Waals surface area contributed by atoms with Gasteiger partial charge >= 0.3 is 0 Å². The van der Waals surface area contributed by atoms with Gasteiger partial charge in [0.25, 0.3) is 0 Å². The number of fused-ring (bicyclic) bond motifs is 6. The van der Waals surface area contributed by atoms with Crippen molar-refractivity contribution in [3.8, 4) is 39.9 Å². The summed E-state index contributed by atoms with van der Waals surface area (Å²) in [5.74, 6) is 1.80. The molecule has 0 bridgehead atoms. The smallest absolute Gasteiger partial charge is 0.238 e.